The first-order valence-corrected chi connectivity index (χ1v) is 9.60. The van der Waals surface area contributed by atoms with Gasteiger partial charge in [-0.2, -0.15) is 0 Å². The third kappa shape index (κ3) is 9.39. The first-order valence-electron chi connectivity index (χ1n) is 7.76. The fourth-order valence-electron chi connectivity index (χ4n) is 2.08. The molecule has 0 bridgehead atoms. The summed E-state index contributed by atoms with van der Waals surface area (Å²) in [6, 6.07) is 4.72. The molecule has 1 unspecified atom stereocenters. The van der Waals surface area contributed by atoms with Crippen molar-refractivity contribution in [3.05, 3.63) is 24.3 Å². The maximum atomic E-state index is 11.8. The molecule has 130 valence electrons. The van der Waals surface area contributed by atoms with Gasteiger partial charge < -0.3 is 9.29 Å². The second kappa shape index (κ2) is 12.3. The molecule has 0 heterocycles. The van der Waals surface area contributed by atoms with Crippen LogP contribution in [0.15, 0.2) is 29.2 Å². The molecular formula is C16H22ClNaO5S. The second-order valence-electron chi connectivity index (χ2n) is 5.37. The molecule has 8 heteroatoms. The van der Waals surface area contributed by atoms with Gasteiger partial charge in [0.1, 0.15) is 21.2 Å². The number of esters is 1. The number of carbonyl (C=O) groups is 1. The van der Waals surface area contributed by atoms with E-state index in [-0.39, 0.29) is 40.2 Å². The Morgan fingerprint density at radius 3 is 2.21 bits per heavy atom. The maximum Gasteiger partial charge on any atom is 1.00 e. The number of ether oxygens (including phenoxy) is 1. The molecule has 0 amide bonds. The zero-order valence-electron chi connectivity index (χ0n) is 14.2. The van der Waals surface area contributed by atoms with E-state index >= 15 is 0 Å². The van der Waals surface area contributed by atoms with Crippen LogP contribution >= 0.6 is 11.6 Å². The van der Waals surface area contributed by atoms with Crippen LogP contribution in [0.3, 0.4) is 0 Å². The predicted molar refractivity (Wildman–Crippen MR) is 87.7 cm³/mol. The fourth-order valence-corrected chi connectivity index (χ4v) is 2.74. The Kier molecular flexibility index (Phi) is 12.2. The summed E-state index contributed by atoms with van der Waals surface area (Å²) in [6.07, 6.45) is 7.19. The van der Waals surface area contributed by atoms with Crippen molar-refractivity contribution in [2.24, 2.45) is 0 Å². The molecule has 0 fully saturated rings. The SMILES string of the molecule is CCCCCCCCC(Cl)C(=O)Oc1ccc(S(=O)(=O)[O-])cc1.[Na+]. The number of unbranched alkanes of at least 4 members (excludes halogenated alkanes) is 5. The van der Waals surface area contributed by atoms with Crippen molar-refractivity contribution in [2.45, 2.75) is 62.1 Å². The third-order valence-electron chi connectivity index (χ3n) is 3.40. The minimum atomic E-state index is -4.50. The summed E-state index contributed by atoms with van der Waals surface area (Å²) in [5, 5.41) is -0.732. The van der Waals surface area contributed by atoms with E-state index in [0.717, 1.165) is 31.4 Å². The van der Waals surface area contributed by atoms with Crippen LogP contribution in [0.5, 0.6) is 5.75 Å². The van der Waals surface area contributed by atoms with E-state index < -0.39 is 21.5 Å². The van der Waals surface area contributed by atoms with Gasteiger partial charge in [0, 0.05) is 0 Å². The van der Waals surface area contributed by atoms with Crippen molar-refractivity contribution in [3.8, 4) is 5.75 Å². The molecule has 0 aliphatic rings. The van der Waals surface area contributed by atoms with E-state index in [1.165, 1.54) is 31.4 Å². The minimum Gasteiger partial charge on any atom is -0.744 e. The Bertz CT molecular complexity index is 589. The van der Waals surface area contributed by atoms with Gasteiger partial charge in [0.05, 0.1) is 4.90 Å². The number of hydrogen-bond acceptors (Lipinski definition) is 5. The molecule has 0 saturated heterocycles. The molecule has 24 heavy (non-hydrogen) atoms. The van der Waals surface area contributed by atoms with Gasteiger partial charge in [-0.25, -0.2) is 8.42 Å². The molecule has 0 saturated carbocycles. The van der Waals surface area contributed by atoms with Crippen LogP contribution in [-0.2, 0) is 14.9 Å². The molecule has 1 rings (SSSR count). The van der Waals surface area contributed by atoms with Gasteiger partial charge in [-0.05, 0) is 30.7 Å². The summed E-state index contributed by atoms with van der Waals surface area (Å²) in [5.74, 6) is -0.408. The van der Waals surface area contributed by atoms with Crippen molar-refractivity contribution < 1.29 is 52.1 Å². The summed E-state index contributed by atoms with van der Waals surface area (Å²) in [4.78, 5) is 11.5. The molecule has 1 atom stereocenters. The molecule has 5 nitrogen and oxygen atoms in total. The van der Waals surface area contributed by atoms with Crippen LogP contribution in [0, 0.1) is 0 Å². The van der Waals surface area contributed by atoms with Crippen LogP contribution in [0.1, 0.15) is 51.9 Å². The Morgan fingerprint density at radius 1 is 1.12 bits per heavy atom. The van der Waals surface area contributed by atoms with Crippen molar-refractivity contribution in [3.63, 3.8) is 0 Å². The quantitative estimate of drug-likeness (QED) is 0.149. The van der Waals surface area contributed by atoms with Crippen LogP contribution in [-0.4, -0.2) is 24.3 Å². The summed E-state index contributed by atoms with van der Waals surface area (Å²) in [7, 11) is -4.50. The van der Waals surface area contributed by atoms with Gasteiger partial charge in [0.15, 0.2) is 0 Å². The summed E-state index contributed by atoms with van der Waals surface area (Å²) >= 11 is 6.00. The molecule has 0 aromatic heterocycles. The number of alkyl halides is 1. The largest absolute Gasteiger partial charge is 1.00 e. The molecule has 0 aliphatic heterocycles. The molecule has 0 aliphatic carbocycles. The Morgan fingerprint density at radius 2 is 1.67 bits per heavy atom. The minimum absolute atomic E-state index is 0. The summed E-state index contributed by atoms with van der Waals surface area (Å²) < 4.78 is 37.5. The predicted octanol–water partition coefficient (Wildman–Crippen LogP) is 0.858. The standard InChI is InChI=1S/C16H23ClO5S.Na/c1-2-3-4-5-6-7-8-15(17)16(18)22-13-9-11-14(12-10-13)23(19,20)21;/h9-12,15H,2-8H2,1H3,(H,19,20,21);/q;+1/p-1. The third-order valence-corrected chi connectivity index (χ3v) is 4.64. The van der Waals surface area contributed by atoms with E-state index in [2.05, 4.69) is 6.92 Å². The number of halogens is 1. The maximum absolute atomic E-state index is 11.8. The van der Waals surface area contributed by atoms with Gasteiger partial charge in [-0.3, -0.25) is 4.79 Å². The normalized spacial score (nSPS) is 12.3. The summed E-state index contributed by atoms with van der Waals surface area (Å²) in [6.45, 7) is 2.16. The Labute approximate surface area is 171 Å². The van der Waals surface area contributed by atoms with Gasteiger partial charge in [0.2, 0.25) is 0 Å². The molecule has 0 N–H and O–H groups in total. The Balaban J connectivity index is 0.00000529. The van der Waals surface area contributed by atoms with Gasteiger partial charge in [0.25, 0.3) is 0 Å². The average Bonchev–Trinajstić information content (AvgIpc) is 2.50. The zero-order valence-corrected chi connectivity index (χ0v) is 17.7. The number of rotatable bonds is 10. The van der Waals surface area contributed by atoms with Gasteiger partial charge >= 0.3 is 35.5 Å². The van der Waals surface area contributed by atoms with Crippen LogP contribution < -0.4 is 34.3 Å². The van der Waals surface area contributed by atoms with Crippen molar-refractivity contribution >= 4 is 27.7 Å². The molecular weight excluding hydrogens is 363 g/mol. The summed E-state index contributed by atoms with van der Waals surface area (Å²) in [5.41, 5.74) is 0. The molecule has 1 aromatic rings. The van der Waals surface area contributed by atoms with E-state index in [1.807, 2.05) is 0 Å². The molecule has 0 spiro atoms. The molecule has 1 aromatic carbocycles. The first-order chi connectivity index (χ1) is 10.8. The molecule has 0 radical (unpaired) electrons. The fraction of sp³-hybridized carbons (Fsp3) is 0.562. The number of carbonyl (C=O) groups excluding carboxylic acids is 1. The second-order valence-corrected chi connectivity index (χ2v) is 7.28. The smallest absolute Gasteiger partial charge is 0.744 e. The van der Waals surface area contributed by atoms with Gasteiger partial charge in [-0.15, -0.1) is 11.6 Å². The topological polar surface area (TPSA) is 83.5 Å². The van der Waals surface area contributed by atoms with E-state index in [1.54, 1.807) is 0 Å². The van der Waals surface area contributed by atoms with Crippen LogP contribution in [0.25, 0.3) is 0 Å². The monoisotopic (exact) mass is 384 g/mol. The zero-order chi connectivity index (χ0) is 17.3. The van der Waals surface area contributed by atoms with Crippen molar-refractivity contribution in [2.75, 3.05) is 0 Å². The van der Waals surface area contributed by atoms with E-state index in [9.17, 15) is 17.8 Å². The van der Waals surface area contributed by atoms with E-state index in [4.69, 9.17) is 16.3 Å². The number of hydrogen-bond donors (Lipinski definition) is 0. The first kappa shape index (κ1) is 23.9. The van der Waals surface area contributed by atoms with Crippen LogP contribution in [0.4, 0.5) is 0 Å². The van der Waals surface area contributed by atoms with Crippen molar-refractivity contribution in [1.82, 2.24) is 0 Å². The number of benzene rings is 1. The van der Waals surface area contributed by atoms with Gasteiger partial charge in [-0.1, -0.05) is 45.4 Å². The Hall–Kier alpha value is -0.110. The van der Waals surface area contributed by atoms with Crippen LogP contribution in [0.2, 0.25) is 0 Å². The van der Waals surface area contributed by atoms with Crippen molar-refractivity contribution in [1.29, 1.82) is 0 Å². The average molecular weight is 385 g/mol. The van der Waals surface area contributed by atoms with E-state index in [0.29, 0.717) is 6.42 Å².